The Morgan fingerprint density at radius 1 is 1.00 bits per heavy atom. The maximum atomic E-state index is 10.2. The first-order valence-corrected chi connectivity index (χ1v) is 6.80. The highest BCUT2D eigenvalue weighted by molar-refractivity contribution is 5.30. The van der Waals surface area contributed by atoms with Gasteiger partial charge in [0.15, 0.2) is 0 Å². The van der Waals surface area contributed by atoms with Crippen LogP contribution < -0.4 is 4.74 Å². The minimum absolute atomic E-state index is 0.417. The van der Waals surface area contributed by atoms with Gasteiger partial charge in [0.2, 0.25) is 0 Å². The number of ether oxygens (including phenoxy) is 1. The van der Waals surface area contributed by atoms with Crippen LogP contribution in [0.1, 0.15) is 30.1 Å². The van der Waals surface area contributed by atoms with Gasteiger partial charge >= 0.3 is 0 Å². The Morgan fingerprint density at radius 2 is 1.68 bits per heavy atom. The standard InChI is InChI=1S/C17H18O2/c18-17(12-13-4-2-1-3-5-13)14-6-8-15(9-7-14)19-16-10-11-16/h1-9,16-18H,10-12H2. The molecule has 0 heterocycles. The summed E-state index contributed by atoms with van der Waals surface area (Å²) in [4.78, 5) is 0. The molecule has 0 aliphatic heterocycles. The van der Waals surface area contributed by atoms with E-state index in [1.54, 1.807) is 0 Å². The van der Waals surface area contributed by atoms with E-state index in [1.807, 2.05) is 54.6 Å². The van der Waals surface area contributed by atoms with Crippen LogP contribution in [-0.2, 0) is 6.42 Å². The van der Waals surface area contributed by atoms with Gasteiger partial charge in [-0.15, -0.1) is 0 Å². The highest BCUT2D eigenvalue weighted by Crippen LogP contribution is 2.28. The van der Waals surface area contributed by atoms with Crippen molar-refractivity contribution >= 4 is 0 Å². The van der Waals surface area contributed by atoms with Crippen molar-refractivity contribution in [2.45, 2.75) is 31.5 Å². The van der Waals surface area contributed by atoms with Gasteiger partial charge in [-0.25, -0.2) is 0 Å². The van der Waals surface area contributed by atoms with Gasteiger partial charge in [0.05, 0.1) is 12.2 Å². The second-order valence-corrected chi connectivity index (χ2v) is 5.09. The van der Waals surface area contributed by atoms with Gasteiger partial charge in [-0.05, 0) is 36.1 Å². The first-order valence-electron chi connectivity index (χ1n) is 6.80. The van der Waals surface area contributed by atoms with E-state index < -0.39 is 6.10 Å². The molecule has 1 aliphatic carbocycles. The molecule has 2 aromatic rings. The molecule has 2 heteroatoms. The fraction of sp³-hybridized carbons (Fsp3) is 0.294. The molecular formula is C17H18O2. The molecule has 0 spiro atoms. The van der Waals surface area contributed by atoms with Crippen molar-refractivity contribution in [1.29, 1.82) is 0 Å². The van der Waals surface area contributed by atoms with Crippen LogP contribution in [0.5, 0.6) is 5.75 Å². The lowest BCUT2D eigenvalue weighted by Crippen LogP contribution is -2.02. The molecule has 2 nitrogen and oxygen atoms in total. The van der Waals surface area contributed by atoms with Crippen molar-refractivity contribution in [3.63, 3.8) is 0 Å². The predicted octanol–water partition coefficient (Wildman–Crippen LogP) is 3.50. The molecule has 3 rings (SSSR count). The molecule has 98 valence electrons. The Hall–Kier alpha value is -1.80. The number of hydrogen-bond acceptors (Lipinski definition) is 2. The predicted molar refractivity (Wildman–Crippen MR) is 75.2 cm³/mol. The van der Waals surface area contributed by atoms with Crippen LogP contribution in [0.25, 0.3) is 0 Å². The number of aliphatic hydroxyl groups is 1. The van der Waals surface area contributed by atoms with Crippen molar-refractivity contribution in [2.24, 2.45) is 0 Å². The third kappa shape index (κ3) is 3.36. The van der Waals surface area contributed by atoms with Crippen molar-refractivity contribution in [3.05, 3.63) is 65.7 Å². The van der Waals surface area contributed by atoms with Crippen LogP contribution >= 0.6 is 0 Å². The summed E-state index contributed by atoms with van der Waals surface area (Å²) in [5, 5.41) is 10.2. The maximum Gasteiger partial charge on any atom is 0.119 e. The molecule has 0 radical (unpaired) electrons. The molecule has 0 amide bonds. The van der Waals surface area contributed by atoms with E-state index in [-0.39, 0.29) is 0 Å². The average molecular weight is 254 g/mol. The van der Waals surface area contributed by atoms with Gasteiger partial charge in [0, 0.05) is 6.42 Å². The normalized spacial score (nSPS) is 16.1. The summed E-state index contributed by atoms with van der Waals surface area (Å²) in [6, 6.07) is 17.8. The van der Waals surface area contributed by atoms with Gasteiger partial charge in [0.25, 0.3) is 0 Å². The van der Waals surface area contributed by atoms with Crippen molar-refractivity contribution in [2.75, 3.05) is 0 Å². The molecule has 1 fully saturated rings. The smallest absolute Gasteiger partial charge is 0.119 e. The third-order valence-electron chi connectivity index (χ3n) is 3.36. The molecular weight excluding hydrogens is 236 g/mol. The molecule has 1 aliphatic rings. The Kier molecular flexibility index (Phi) is 3.51. The van der Waals surface area contributed by atoms with Crippen LogP contribution in [0, 0.1) is 0 Å². The molecule has 1 saturated carbocycles. The fourth-order valence-electron chi connectivity index (χ4n) is 2.10. The van der Waals surface area contributed by atoms with Gasteiger partial charge in [-0.3, -0.25) is 0 Å². The topological polar surface area (TPSA) is 29.5 Å². The Bertz CT molecular complexity index is 515. The summed E-state index contributed by atoms with van der Waals surface area (Å²) in [6.45, 7) is 0. The molecule has 19 heavy (non-hydrogen) atoms. The molecule has 0 saturated heterocycles. The lowest BCUT2D eigenvalue weighted by Gasteiger charge is -2.12. The number of hydrogen-bond donors (Lipinski definition) is 1. The van der Waals surface area contributed by atoms with Gasteiger partial charge < -0.3 is 9.84 Å². The van der Waals surface area contributed by atoms with E-state index in [2.05, 4.69) is 0 Å². The first kappa shape index (κ1) is 12.2. The Labute approximate surface area is 113 Å². The van der Waals surface area contributed by atoms with Crippen molar-refractivity contribution in [3.8, 4) is 5.75 Å². The van der Waals surface area contributed by atoms with E-state index in [1.165, 1.54) is 12.8 Å². The summed E-state index contributed by atoms with van der Waals surface area (Å²) in [6.07, 6.45) is 2.93. The molecule has 2 aromatic carbocycles. The lowest BCUT2D eigenvalue weighted by atomic mass is 10.0. The largest absolute Gasteiger partial charge is 0.490 e. The maximum absolute atomic E-state index is 10.2. The average Bonchev–Trinajstić information content (AvgIpc) is 3.25. The highest BCUT2D eigenvalue weighted by atomic mass is 16.5. The molecule has 1 unspecified atom stereocenters. The number of aliphatic hydroxyl groups excluding tert-OH is 1. The number of rotatable bonds is 5. The van der Waals surface area contributed by atoms with E-state index >= 15 is 0 Å². The lowest BCUT2D eigenvalue weighted by molar-refractivity contribution is 0.178. The monoisotopic (exact) mass is 254 g/mol. The first-order chi connectivity index (χ1) is 9.31. The minimum atomic E-state index is -0.461. The zero-order valence-corrected chi connectivity index (χ0v) is 10.8. The summed E-state index contributed by atoms with van der Waals surface area (Å²) < 4.78 is 5.70. The highest BCUT2D eigenvalue weighted by Gasteiger charge is 2.23. The summed E-state index contributed by atoms with van der Waals surface area (Å²) in [5.41, 5.74) is 2.08. The van der Waals surface area contributed by atoms with E-state index in [0.29, 0.717) is 12.5 Å². The second kappa shape index (κ2) is 5.45. The zero-order valence-electron chi connectivity index (χ0n) is 10.8. The van der Waals surface area contributed by atoms with E-state index in [4.69, 9.17) is 4.74 Å². The summed E-state index contributed by atoms with van der Waals surface area (Å²) in [7, 11) is 0. The molecule has 0 aromatic heterocycles. The summed E-state index contributed by atoms with van der Waals surface area (Å²) >= 11 is 0. The van der Waals surface area contributed by atoms with Crippen LogP contribution in [0.3, 0.4) is 0 Å². The van der Waals surface area contributed by atoms with Gasteiger partial charge in [0.1, 0.15) is 5.75 Å². The fourth-order valence-corrected chi connectivity index (χ4v) is 2.10. The van der Waals surface area contributed by atoms with Gasteiger partial charge in [-0.1, -0.05) is 42.5 Å². The molecule has 1 N–H and O–H groups in total. The number of benzene rings is 2. The van der Waals surface area contributed by atoms with Crippen LogP contribution in [0.15, 0.2) is 54.6 Å². The Morgan fingerprint density at radius 3 is 2.32 bits per heavy atom. The zero-order chi connectivity index (χ0) is 13.1. The van der Waals surface area contributed by atoms with Crippen molar-refractivity contribution < 1.29 is 9.84 Å². The second-order valence-electron chi connectivity index (χ2n) is 5.09. The van der Waals surface area contributed by atoms with Crippen LogP contribution in [0.2, 0.25) is 0 Å². The van der Waals surface area contributed by atoms with Crippen molar-refractivity contribution in [1.82, 2.24) is 0 Å². The van der Waals surface area contributed by atoms with Crippen LogP contribution in [-0.4, -0.2) is 11.2 Å². The van der Waals surface area contributed by atoms with E-state index in [0.717, 1.165) is 16.9 Å². The van der Waals surface area contributed by atoms with Crippen LogP contribution in [0.4, 0.5) is 0 Å². The summed E-state index contributed by atoms with van der Waals surface area (Å²) in [5.74, 6) is 0.901. The SMILES string of the molecule is OC(Cc1ccccc1)c1ccc(OC2CC2)cc1. The molecule has 0 bridgehead atoms. The molecule has 1 atom stereocenters. The van der Waals surface area contributed by atoms with Gasteiger partial charge in [-0.2, -0.15) is 0 Å². The Balaban J connectivity index is 1.64. The quantitative estimate of drug-likeness (QED) is 0.884. The van der Waals surface area contributed by atoms with E-state index in [9.17, 15) is 5.11 Å². The third-order valence-corrected chi connectivity index (χ3v) is 3.36. The minimum Gasteiger partial charge on any atom is -0.490 e.